The van der Waals surface area contributed by atoms with Gasteiger partial charge in [0.15, 0.2) is 0 Å². The third-order valence-electron chi connectivity index (χ3n) is 4.24. The summed E-state index contributed by atoms with van der Waals surface area (Å²) in [5.74, 6) is -0.763. The van der Waals surface area contributed by atoms with Crippen molar-refractivity contribution in [3.05, 3.63) is 82.9 Å². The third-order valence-corrected chi connectivity index (χ3v) is 5.96. The predicted molar refractivity (Wildman–Crippen MR) is 122 cm³/mol. The zero-order chi connectivity index (χ0) is 22.6. The minimum Gasteiger partial charge on any atom is -0.326 e. The lowest BCUT2D eigenvalue weighted by Crippen LogP contribution is -2.16. The number of carbonyl (C=O) groups excluding carboxylic acids is 2. The van der Waals surface area contributed by atoms with Crippen molar-refractivity contribution in [3.8, 4) is 0 Å². The summed E-state index contributed by atoms with van der Waals surface area (Å²) in [6.07, 6.45) is 0. The van der Waals surface area contributed by atoms with Crippen molar-refractivity contribution in [1.82, 2.24) is 0 Å². The van der Waals surface area contributed by atoms with Gasteiger partial charge in [0.05, 0.1) is 15.5 Å². The van der Waals surface area contributed by atoms with E-state index in [-0.39, 0.29) is 27.1 Å². The van der Waals surface area contributed by atoms with E-state index in [0.29, 0.717) is 11.4 Å². The van der Waals surface area contributed by atoms with Crippen LogP contribution in [0.25, 0.3) is 0 Å². The van der Waals surface area contributed by atoms with Crippen LogP contribution in [0, 0.1) is 6.92 Å². The molecule has 0 saturated carbocycles. The monoisotopic (exact) mass is 457 g/mol. The van der Waals surface area contributed by atoms with Gasteiger partial charge in [0, 0.05) is 24.0 Å². The Morgan fingerprint density at radius 3 is 2.13 bits per heavy atom. The molecule has 0 aliphatic rings. The Morgan fingerprint density at radius 2 is 1.48 bits per heavy atom. The summed E-state index contributed by atoms with van der Waals surface area (Å²) in [5, 5.41) is 5.48. The lowest BCUT2D eigenvalue weighted by atomic mass is 10.2. The van der Waals surface area contributed by atoms with Gasteiger partial charge in [-0.3, -0.25) is 14.3 Å². The molecule has 3 aromatic rings. The number of halogens is 1. The molecule has 160 valence electrons. The number of hydrogen-bond acceptors (Lipinski definition) is 4. The highest BCUT2D eigenvalue weighted by Crippen LogP contribution is 2.25. The van der Waals surface area contributed by atoms with Crippen LogP contribution in [0.4, 0.5) is 17.1 Å². The van der Waals surface area contributed by atoms with Gasteiger partial charge in [-0.25, -0.2) is 8.42 Å². The molecule has 3 rings (SSSR count). The van der Waals surface area contributed by atoms with Crippen LogP contribution in [-0.2, 0) is 14.8 Å². The molecule has 0 bridgehead atoms. The lowest BCUT2D eigenvalue weighted by Gasteiger charge is -2.12. The van der Waals surface area contributed by atoms with Gasteiger partial charge in [0.2, 0.25) is 5.91 Å². The maximum atomic E-state index is 12.7. The molecular weight excluding hydrogens is 438 g/mol. The van der Waals surface area contributed by atoms with Gasteiger partial charge >= 0.3 is 0 Å². The van der Waals surface area contributed by atoms with Crippen LogP contribution in [0.5, 0.6) is 0 Å². The standard InChI is InChI=1S/C22H20ClN3O4S/c1-14-6-9-19(10-7-14)31(29,30)26-18-8-11-21(23)20(13-18)22(28)25-17-5-3-4-16(12-17)24-15(2)27/h3-13,26H,1-2H3,(H,24,27)(H,25,28). The predicted octanol–water partition coefficient (Wildman–Crippen LogP) is 4.66. The van der Waals surface area contributed by atoms with Crippen LogP contribution < -0.4 is 15.4 Å². The van der Waals surface area contributed by atoms with Gasteiger partial charge in [-0.05, 0) is 55.5 Å². The molecule has 0 aromatic heterocycles. The Labute approximate surface area is 185 Å². The zero-order valence-corrected chi connectivity index (χ0v) is 18.3. The Morgan fingerprint density at radius 1 is 0.839 bits per heavy atom. The van der Waals surface area contributed by atoms with Crippen molar-refractivity contribution in [2.45, 2.75) is 18.7 Å². The van der Waals surface area contributed by atoms with E-state index in [4.69, 9.17) is 11.6 Å². The SMILES string of the molecule is CC(=O)Nc1cccc(NC(=O)c2cc(NS(=O)(=O)c3ccc(C)cc3)ccc2Cl)c1. The summed E-state index contributed by atoms with van der Waals surface area (Å²) in [6, 6.07) is 17.3. The third kappa shape index (κ3) is 5.84. The molecular formula is C22H20ClN3O4S. The van der Waals surface area contributed by atoms with Gasteiger partial charge in [0.1, 0.15) is 0 Å². The molecule has 0 unspecified atom stereocenters. The molecule has 0 fully saturated rings. The summed E-state index contributed by atoms with van der Waals surface area (Å²) >= 11 is 6.17. The first-order valence-electron chi connectivity index (χ1n) is 9.22. The van der Waals surface area contributed by atoms with Crippen LogP contribution in [0.15, 0.2) is 71.6 Å². The highest BCUT2D eigenvalue weighted by molar-refractivity contribution is 7.92. The molecule has 0 aliphatic heterocycles. The van der Waals surface area contributed by atoms with Gasteiger partial charge < -0.3 is 10.6 Å². The molecule has 0 aliphatic carbocycles. The number of aryl methyl sites for hydroxylation is 1. The second kappa shape index (κ2) is 9.20. The quantitative estimate of drug-likeness (QED) is 0.500. The molecule has 7 nitrogen and oxygen atoms in total. The second-order valence-electron chi connectivity index (χ2n) is 6.83. The second-order valence-corrected chi connectivity index (χ2v) is 8.92. The number of hydrogen-bond donors (Lipinski definition) is 3. The van der Waals surface area contributed by atoms with Gasteiger partial charge in [-0.2, -0.15) is 0 Å². The Kier molecular flexibility index (Phi) is 6.62. The van der Waals surface area contributed by atoms with E-state index in [9.17, 15) is 18.0 Å². The average molecular weight is 458 g/mol. The fourth-order valence-corrected chi connectivity index (χ4v) is 4.02. The number of benzene rings is 3. The minimum absolute atomic E-state index is 0.0932. The Balaban J connectivity index is 1.81. The number of amides is 2. The van der Waals surface area contributed by atoms with E-state index in [1.54, 1.807) is 36.4 Å². The van der Waals surface area contributed by atoms with Crippen molar-refractivity contribution in [2.75, 3.05) is 15.4 Å². The largest absolute Gasteiger partial charge is 0.326 e. The summed E-state index contributed by atoms with van der Waals surface area (Å²) in [5.41, 5.74) is 2.19. The highest BCUT2D eigenvalue weighted by atomic mass is 35.5. The van der Waals surface area contributed by atoms with Crippen molar-refractivity contribution >= 4 is 50.5 Å². The van der Waals surface area contributed by atoms with Gasteiger partial charge in [0.25, 0.3) is 15.9 Å². The summed E-state index contributed by atoms with van der Waals surface area (Å²) in [4.78, 5) is 24.1. The Bertz CT molecular complexity index is 1240. The van der Waals surface area contributed by atoms with E-state index in [0.717, 1.165) is 5.56 Å². The number of anilines is 3. The van der Waals surface area contributed by atoms with E-state index < -0.39 is 15.9 Å². The first-order chi connectivity index (χ1) is 14.6. The van der Waals surface area contributed by atoms with Gasteiger partial charge in [-0.1, -0.05) is 35.4 Å². The molecule has 0 spiro atoms. The summed E-state index contributed by atoms with van der Waals surface area (Å²) in [6.45, 7) is 3.24. The van der Waals surface area contributed by atoms with Crippen molar-refractivity contribution < 1.29 is 18.0 Å². The number of sulfonamides is 1. The molecule has 9 heteroatoms. The van der Waals surface area contributed by atoms with E-state index in [1.807, 2.05) is 6.92 Å². The molecule has 3 aromatic carbocycles. The first-order valence-corrected chi connectivity index (χ1v) is 11.1. The molecule has 0 heterocycles. The fourth-order valence-electron chi connectivity index (χ4n) is 2.77. The first kappa shape index (κ1) is 22.3. The van der Waals surface area contributed by atoms with Crippen molar-refractivity contribution in [3.63, 3.8) is 0 Å². The van der Waals surface area contributed by atoms with E-state index >= 15 is 0 Å². The molecule has 0 radical (unpaired) electrons. The Hall–Kier alpha value is -3.36. The topological polar surface area (TPSA) is 104 Å². The van der Waals surface area contributed by atoms with Crippen molar-refractivity contribution in [1.29, 1.82) is 0 Å². The normalized spacial score (nSPS) is 10.9. The molecule has 31 heavy (non-hydrogen) atoms. The molecule has 0 saturated heterocycles. The van der Waals surface area contributed by atoms with Crippen LogP contribution in [-0.4, -0.2) is 20.2 Å². The maximum absolute atomic E-state index is 12.7. The highest BCUT2D eigenvalue weighted by Gasteiger charge is 2.17. The van der Waals surface area contributed by atoms with E-state index in [1.165, 1.54) is 37.3 Å². The maximum Gasteiger partial charge on any atom is 0.261 e. The minimum atomic E-state index is -3.83. The van der Waals surface area contributed by atoms with Crippen LogP contribution >= 0.6 is 11.6 Å². The molecule has 0 atom stereocenters. The summed E-state index contributed by atoms with van der Waals surface area (Å²) < 4.78 is 27.7. The van der Waals surface area contributed by atoms with E-state index in [2.05, 4.69) is 15.4 Å². The zero-order valence-electron chi connectivity index (χ0n) is 16.8. The van der Waals surface area contributed by atoms with Crippen LogP contribution in [0.3, 0.4) is 0 Å². The van der Waals surface area contributed by atoms with Crippen LogP contribution in [0.2, 0.25) is 5.02 Å². The van der Waals surface area contributed by atoms with Crippen molar-refractivity contribution in [2.24, 2.45) is 0 Å². The lowest BCUT2D eigenvalue weighted by molar-refractivity contribution is -0.114. The fraction of sp³-hybridized carbons (Fsp3) is 0.0909. The number of nitrogens with one attached hydrogen (secondary N) is 3. The van der Waals surface area contributed by atoms with Gasteiger partial charge in [-0.15, -0.1) is 0 Å². The summed E-state index contributed by atoms with van der Waals surface area (Å²) in [7, 11) is -3.83. The number of carbonyl (C=O) groups is 2. The molecule has 2 amide bonds. The smallest absolute Gasteiger partial charge is 0.261 e. The average Bonchev–Trinajstić information content (AvgIpc) is 2.69. The molecule has 3 N–H and O–H groups in total. The number of rotatable bonds is 6. The van der Waals surface area contributed by atoms with Crippen LogP contribution in [0.1, 0.15) is 22.8 Å².